The SMILES string of the molecule is O=C(O)[C@@H]1[C@@H](C(=O)NCc2cccs2)[C@@H]2C=C[C@@H]1O2. The first-order chi connectivity index (χ1) is 9.16. The third-order valence-corrected chi connectivity index (χ3v) is 4.38. The molecule has 0 saturated carbocycles. The molecule has 3 rings (SSSR count). The van der Waals surface area contributed by atoms with E-state index in [2.05, 4.69) is 5.32 Å². The highest BCUT2D eigenvalue weighted by Crippen LogP contribution is 2.39. The average molecular weight is 279 g/mol. The largest absolute Gasteiger partial charge is 0.481 e. The zero-order chi connectivity index (χ0) is 13.4. The van der Waals surface area contributed by atoms with Crippen LogP contribution in [0.1, 0.15) is 4.88 Å². The van der Waals surface area contributed by atoms with Gasteiger partial charge in [-0.2, -0.15) is 0 Å². The smallest absolute Gasteiger partial charge is 0.310 e. The molecule has 3 heterocycles. The van der Waals surface area contributed by atoms with E-state index in [0.717, 1.165) is 4.88 Å². The van der Waals surface area contributed by atoms with Gasteiger partial charge in [0.15, 0.2) is 0 Å². The van der Waals surface area contributed by atoms with Crippen LogP contribution in [0.5, 0.6) is 0 Å². The normalized spacial score (nSPS) is 31.6. The van der Waals surface area contributed by atoms with Crippen LogP contribution in [0.15, 0.2) is 29.7 Å². The standard InChI is InChI=1S/C13H13NO4S/c15-12(14-6-7-2-1-5-19-7)10-8-3-4-9(18-8)11(10)13(16)17/h1-5,8-11H,6H2,(H,14,15)(H,16,17)/t8-,9-,10-,11-/m0/s1. The summed E-state index contributed by atoms with van der Waals surface area (Å²) in [6.07, 6.45) is 2.63. The van der Waals surface area contributed by atoms with Gasteiger partial charge in [-0.1, -0.05) is 18.2 Å². The van der Waals surface area contributed by atoms with E-state index in [9.17, 15) is 14.7 Å². The Morgan fingerprint density at radius 2 is 2.05 bits per heavy atom. The highest BCUT2D eigenvalue weighted by atomic mass is 32.1. The lowest BCUT2D eigenvalue weighted by atomic mass is 9.82. The summed E-state index contributed by atoms with van der Waals surface area (Å²) in [6.45, 7) is 0.431. The predicted octanol–water partition coefficient (Wildman–Crippen LogP) is 1.02. The van der Waals surface area contributed by atoms with Gasteiger partial charge in [0.05, 0.1) is 24.7 Å². The maximum absolute atomic E-state index is 12.2. The van der Waals surface area contributed by atoms with Crippen LogP contribution in [-0.2, 0) is 20.9 Å². The Morgan fingerprint density at radius 3 is 2.68 bits per heavy atom. The third kappa shape index (κ3) is 2.17. The Labute approximate surface area is 113 Å². The van der Waals surface area contributed by atoms with E-state index >= 15 is 0 Å². The number of thiophene rings is 1. The van der Waals surface area contributed by atoms with Gasteiger partial charge < -0.3 is 15.2 Å². The molecule has 19 heavy (non-hydrogen) atoms. The van der Waals surface area contributed by atoms with Crippen molar-refractivity contribution in [2.75, 3.05) is 0 Å². The molecule has 5 nitrogen and oxygen atoms in total. The lowest BCUT2D eigenvalue weighted by molar-refractivity contribution is -0.146. The highest BCUT2D eigenvalue weighted by Gasteiger charge is 2.53. The van der Waals surface area contributed by atoms with E-state index in [4.69, 9.17) is 4.74 Å². The highest BCUT2D eigenvalue weighted by molar-refractivity contribution is 7.09. The quantitative estimate of drug-likeness (QED) is 0.807. The number of amides is 1. The van der Waals surface area contributed by atoms with E-state index in [1.807, 2.05) is 17.5 Å². The summed E-state index contributed by atoms with van der Waals surface area (Å²) in [5.41, 5.74) is 0. The van der Waals surface area contributed by atoms with E-state index in [1.165, 1.54) is 0 Å². The molecule has 0 aliphatic carbocycles. The molecule has 2 N–H and O–H groups in total. The summed E-state index contributed by atoms with van der Waals surface area (Å²) < 4.78 is 5.47. The summed E-state index contributed by atoms with van der Waals surface area (Å²) in [4.78, 5) is 24.5. The first kappa shape index (κ1) is 12.4. The molecule has 100 valence electrons. The summed E-state index contributed by atoms with van der Waals surface area (Å²) in [5, 5.41) is 13.9. The number of carboxylic acids is 1. The minimum Gasteiger partial charge on any atom is -0.481 e. The molecule has 2 aliphatic rings. The number of carbonyl (C=O) groups is 2. The van der Waals surface area contributed by atoms with Crippen molar-refractivity contribution in [2.24, 2.45) is 11.8 Å². The number of ether oxygens (including phenoxy) is 1. The van der Waals surface area contributed by atoms with Gasteiger partial charge in [0, 0.05) is 4.88 Å². The maximum Gasteiger partial charge on any atom is 0.310 e. The molecule has 0 unspecified atom stereocenters. The zero-order valence-electron chi connectivity index (χ0n) is 9.98. The molecule has 1 fully saturated rings. The van der Waals surface area contributed by atoms with E-state index in [1.54, 1.807) is 23.5 Å². The molecular formula is C13H13NO4S. The maximum atomic E-state index is 12.2. The minimum atomic E-state index is -0.979. The number of hydrogen-bond donors (Lipinski definition) is 2. The van der Waals surface area contributed by atoms with E-state index in [0.29, 0.717) is 6.54 Å². The molecule has 0 spiro atoms. The van der Waals surface area contributed by atoms with Crippen molar-refractivity contribution in [2.45, 2.75) is 18.8 Å². The van der Waals surface area contributed by atoms with Crippen molar-refractivity contribution in [1.82, 2.24) is 5.32 Å². The molecule has 2 bridgehead atoms. The number of rotatable bonds is 4. The topological polar surface area (TPSA) is 75.6 Å². The van der Waals surface area contributed by atoms with Gasteiger partial charge in [-0.15, -0.1) is 11.3 Å². The van der Waals surface area contributed by atoms with Gasteiger partial charge in [0.25, 0.3) is 0 Å². The molecule has 1 aromatic heterocycles. The third-order valence-electron chi connectivity index (χ3n) is 3.50. The van der Waals surface area contributed by atoms with E-state index in [-0.39, 0.29) is 5.91 Å². The summed E-state index contributed by atoms with van der Waals surface area (Å²) in [6, 6.07) is 3.84. The number of hydrogen-bond acceptors (Lipinski definition) is 4. The van der Waals surface area contributed by atoms with Gasteiger partial charge in [-0.25, -0.2) is 0 Å². The van der Waals surface area contributed by atoms with Crippen molar-refractivity contribution >= 4 is 23.2 Å². The fourth-order valence-corrected chi connectivity index (χ4v) is 3.26. The lowest BCUT2D eigenvalue weighted by Gasteiger charge is -2.20. The fourth-order valence-electron chi connectivity index (χ4n) is 2.62. The molecule has 1 amide bonds. The number of nitrogens with one attached hydrogen (secondary N) is 1. The van der Waals surface area contributed by atoms with Gasteiger partial charge in [0.2, 0.25) is 5.91 Å². The fraction of sp³-hybridized carbons (Fsp3) is 0.385. The summed E-state index contributed by atoms with van der Waals surface area (Å²) >= 11 is 1.55. The summed E-state index contributed by atoms with van der Waals surface area (Å²) in [5.74, 6) is -2.64. The second-order valence-electron chi connectivity index (χ2n) is 4.64. The Balaban J connectivity index is 1.68. The number of carboxylic acid groups (broad SMARTS) is 1. The first-order valence-corrected chi connectivity index (χ1v) is 6.91. The van der Waals surface area contributed by atoms with Crippen molar-refractivity contribution in [3.8, 4) is 0 Å². The average Bonchev–Trinajstić information content (AvgIpc) is 3.10. The Bertz CT molecular complexity index is 525. The van der Waals surface area contributed by atoms with Gasteiger partial charge >= 0.3 is 5.97 Å². The molecule has 0 radical (unpaired) electrons. The van der Waals surface area contributed by atoms with Crippen LogP contribution >= 0.6 is 11.3 Å². The Hall–Kier alpha value is -1.66. The Kier molecular flexibility index (Phi) is 3.12. The van der Waals surface area contributed by atoms with Crippen LogP contribution in [0.25, 0.3) is 0 Å². The van der Waals surface area contributed by atoms with Crippen molar-refractivity contribution < 1.29 is 19.4 Å². The number of carbonyl (C=O) groups excluding carboxylic acids is 1. The van der Waals surface area contributed by atoms with Crippen LogP contribution in [0.2, 0.25) is 0 Å². The molecule has 0 aromatic carbocycles. The van der Waals surface area contributed by atoms with Gasteiger partial charge in [0.1, 0.15) is 5.92 Å². The van der Waals surface area contributed by atoms with Gasteiger partial charge in [-0.3, -0.25) is 9.59 Å². The molecule has 1 saturated heterocycles. The van der Waals surface area contributed by atoms with Crippen molar-refractivity contribution in [1.29, 1.82) is 0 Å². The number of fused-ring (bicyclic) bond motifs is 2. The molecule has 1 aromatic rings. The van der Waals surface area contributed by atoms with Crippen LogP contribution < -0.4 is 5.32 Å². The molecular weight excluding hydrogens is 266 g/mol. The van der Waals surface area contributed by atoms with E-state index < -0.39 is 30.0 Å². The lowest BCUT2D eigenvalue weighted by Crippen LogP contribution is -2.42. The molecule has 6 heteroatoms. The van der Waals surface area contributed by atoms with Gasteiger partial charge in [-0.05, 0) is 11.4 Å². The van der Waals surface area contributed by atoms with Crippen molar-refractivity contribution in [3.63, 3.8) is 0 Å². The summed E-state index contributed by atoms with van der Waals surface area (Å²) in [7, 11) is 0. The Morgan fingerprint density at radius 1 is 1.32 bits per heavy atom. The predicted molar refractivity (Wildman–Crippen MR) is 68.6 cm³/mol. The first-order valence-electron chi connectivity index (χ1n) is 6.03. The second kappa shape index (κ2) is 4.79. The van der Waals surface area contributed by atoms with Crippen LogP contribution in [0.4, 0.5) is 0 Å². The number of aliphatic carboxylic acids is 1. The molecule has 2 aliphatic heterocycles. The van der Waals surface area contributed by atoms with Crippen LogP contribution in [0.3, 0.4) is 0 Å². The second-order valence-corrected chi connectivity index (χ2v) is 5.67. The zero-order valence-corrected chi connectivity index (χ0v) is 10.8. The van der Waals surface area contributed by atoms with Crippen LogP contribution in [0, 0.1) is 11.8 Å². The van der Waals surface area contributed by atoms with Crippen LogP contribution in [-0.4, -0.2) is 29.2 Å². The van der Waals surface area contributed by atoms with Crippen molar-refractivity contribution in [3.05, 3.63) is 34.5 Å². The minimum absolute atomic E-state index is 0.252. The molecule has 4 atom stereocenters. The monoisotopic (exact) mass is 279 g/mol.